The second kappa shape index (κ2) is 7.61. The highest BCUT2D eigenvalue weighted by molar-refractivity contribution is 5.19. The van der Waals surface area contributed by atoms with Crippen molar-refractivity contribution in [2.45, 2.75) is 51.2 Å². The summed E-state index contributed by atoms with van der Waals surface area (Å²) in [7, 11) is 0. The van der Waals surface area contributed by atoms with Crippen LogP contribution < -0.4 is 5.32 Å². The molecule has 1 heterocycles. The van der Waals surface area contributed by atoms with Crippen LogP contribution in [0.15, 0.2) is 24.3 Å². The molecule has 106 valence electrons. The Morgan fingerprint density at radius 1 is 1.37 bits per heavy atom. The molecule has 1 aliphatic rings. The lowest BCUT2D eigenvalue weighted by atomic mass is 9.99. The minimum absolute atomic E-state index is 0.169. The van der Waals surface area contributed by atoms with Gasteiger partial charge in [0.25, 0.3) is 0 Å². The highest BCUT2D eigenvalue weighted by Gasteiger charge is 2.18. The first-order valence-electron chi connectivity index (χ1n) is 7.40. The van der Waals surface area contributed by atoms with Gasteiger partial charge in [-0.2, -0.15) is 0 Å². The van der Waals surface area contributed by atoms with E-state index in [4.69, 9.17) is 4.74 Å². The molecule has 2 nitrogen and oxygen atoms in total. The number of rotatable bonds is 7. The zero-order chi connectivity index (χ0) is 13.5. The van der Waals surface area contributed by atoms with Crippen LogP contribution in [0.3, 0.4) is 0 Å². The second-order valence-corrected chi connectivity index (χ2v) is 5.27. The molecule has 0 bridgehead atoms. The summed E-state index contributed by atoms with van der Waals surface area (Å²) < 4.78 is 18.7. The number of benzene rings is 1. The van der Waals surface area contributed by atoms with Crippen molar-refractivity contribution in [1.82, 2.24) is 5.32 Å². The molecule has 2 rings (SSSR count). The van der Waals surface area contributed by atoms with Gasteiger partial charge >= 0.3 is 0 Å². The minimum atomic E-state index is -0.169. The van der Waals surface area contributed by atoms with Crippen LogP contribution in [0.2, 0.25) is 0 Å². The molecule has 2 atom stereocenters. The molecule has 0 saturated carbocycles. The zero-order valence-corrected chi connectivity index (χ0v) is 11.7. The fraction of sp³-hybridized carbons (Fsp3) is 0.625. The Bertz CT molecular complexity index is 360. The molecule has 0 aromatic heterocycles. The lowest BCUT2D eigenvalue weighted by Gasteiger charge is -2.20. The third-order valence-corrected chi connectivity index (χ3v) is 3.71. The quantitative estimate of drug-likeness (QED) is 0.809. The van der Waals surface area contributed by atoms with Crippen molar-refractivity contribution in [2.75, 3.05) is 13.2 Å². The summed E-state index contributed by atoms with van der Waals surface area (Å²) >= 11 is 0. The van der Waals surface area contributed by atoms with Crippen molar-refractivity contribution >= 4 is 0 Å². The molecule has 1 fully saturated rings. The third kappa shape index (κ3) is 4.59. The number of nitrogens with one attached hydrogen (secondary N) is 1. The summed E-state index contributed by atoms with van der Waals surface area (Å²) in [6, 6.07) is 7.17. The molecule has 2 unspecified atom stereocenters. The maximum Gasteiger partial charge on any atom is 0.123 e. The molecule has 0 aliphatic carbocycles. The Kier molecular flexibility index (Phi) is 5.80. The van der Waals surface area contributed by atoms with Crippen molar-refractivity contribution in [2.24, 2.45) is 0 Å². The van der Waals surface area contributed by atoms with E-state index >= 15 is 0 Å². The van der Waals surface area contributed by atoms with Crippen LogP contribution in [-0.4, -0.2) is 19.3 Å². The molecule has 0 radical (unpaired) electrons. The van der Waals surface area contributed by atoms with Gasteiger partial charge in [-0.15, -0.1) is 0 Å². The number of ether oxygens (including phenoxy) is 1. The van der Waals surface area contributed by atoms with E-state index in [9.17, 15) is 4.39 Å². The Labute approximate surface area is 115 Å². The Morgan fingerprint density at radius 3 is 2.79 bits per heavy atom. The molecule has 1 aromatic carbocycles. The fourth-order valence-electron chi connectivity index (χ4n) is 2.62. The summed E-state index contributed by atoms with van der Waals surface area (Å²) in [5.41, 5.74) is 1.17. The van der Waals surface area contributed by atoms with Gasteiger partial charge in [0.05, 0.1) is 6.10 Å². The molecule has 3 heteroatoms. The van der Waals surface area contributed by atoms with E-state index in [0.29, 0.717) is 12.1 Å². The molecule has 1 N–H and O–H groups in total. The molecule has 1 saturated heterocycles. The second-order valence-electron chi connectivity index (χ2n) is 5.27. The van der Waals surface area contributed by atoms with Gasteiger partial charge in [-0.05, 0) is 56.3 Å². The first-order chi connectivity index (χ1) is 9.29. The van der Waals surface area contributed by atoms with Gasteiger partial charge in [-0.1, -0.05) is 19.1 Å². The zero-order valence-electron chi connectivity index (χ0n) is 11.7. The number of halogens is 1. The SMILES string of the molecule is CCCNC(CCC1CCCO1)c1ccc(F)cc1. The normalized spacial score (nSPS) is 20.6. The molecule has 1 aromatic rings. The van der Waals surface area contributed by atoms with E-state index in [-0.39, 0.29) is 5.82 Å². The summed E-state index contributed by atoms with van der Waals surface area (Å²) in [5, 5.41) is 3.55. The van der Waals surface area contributed by atoms with E-state index in [1.54, 1.807) is 12.1 Å². The molecular formula is C16H24FNO. The van der Waals surface area contributed by atoms with E-state index in [1.807, 2.05) is 12.1 Å². The van der Waals surface area contributed by atoms with E-state index < -0.39 is 0 Å². The van der Waals surface area contributed by atoms with Gasteiger partial charge in [-0.3, -0.25) is 0 Å². The highest BCUT2D eigenvalue weighted by Crippen LogP contribution is 2.24. The van der Waals surface area contributed by atoms with Crippen LogP contribution in [-0.2, 0) is 4.74 Å². The van der Waals surface area contributed by atoms with Crippen molar-refractivity contribution in [3.63, 3.8) is 0 Å². The Balaban J connectivity index is 1.91. The van der Waals surface area contributed by atoms with Crippen molar-refractivity contribution in [3.05, 3.63) is 35.6 Å². The lowest BCUT2D eigenvalue weighted by molar-refractivity contribution is 0.0996. The molecule has 0 amide bonds. The van der Waals surface area contributed by atoms with E-state index in [2.05, 4.69) is 12.2 Å². The Morgan fingerprint density at radius 2 is 2.16 bits per heavy atom. The van der Waals surface area contributed by atoms with Crippen LogP contribution in [0.5, 0.6) is 0 Å². The van der Waals surface area contributed by atoms with Gasteiger partial charge in [0.1, 0.15) is 5.82 Å². The van der Waals surface area contributed by atoms with Crippen LogP contribution in [0.1, 0.15) is 50.6 Å². The predicted octanol–water partition coefficient (Wildman–Crippen LogP) is 3.83. The monoisotopic (exact) mass is 265 g/mol. The summed E-state index contributed by atoms with van der Waals surface area (Å²) in [5.74, 6) is -0.169. The average molecular weight is 265 g/mol. The molecule has 19 heavy (non-hydrogen) atoms. The summed E-state index contributed by atoms with van der Waals surface area (Å²) in [6.07, 6.45) is 6.04. The number of hydrogen-bond donors (Lipinski definition) is 1. The Hall–Kier alpha value is -0.930. The minimum Gasteiger partial charge on any atom is -0.378 e. The van der Waals surface area contributed by atoms with Gasteiger partial charge in [0, 0.05) is 12.6 Å². The summed E-state index contributed by atoms with van der Waals surface area (Å²) in [4.78, 5) is 0. The summed E-state index contributed by atoms with van der Waals surface area (Å²) in [6.45, 7) is 4.07. The molecule has 1 aliphatic heterocycles. The van der Waals surface area contributed by atoms with Crippen LogP contribution in [0, 0.1) is 5.82 Å². The smallest absolute Gasteiger partial charge is 0.123 e. The maximum absolute atomic E-state index is 13.0. The average Bonchev–Trinajstić information content (AvgIpc) is 2.93. The maximum atomic E-state index is 13.0. The van der Waals surface area contributed by atoms with Gasteiger partial charge < -0.3 is 10.1 Å². The fourth-order valence-corrected chi connectivity index (χ4v) is 2.62. The topological polar surface area (TPSA) is 21.3 Å². The first kappa shape index (κ1) is 14.5. The predicted molar refractivity (Wildman–Crippen MR) is 75.6 cm³/mol. The third-order valence-electron chi connectivity index (χ3n) is 3.71. The highest BCUT2D eigenvalue weighted by atomic mass is 19.1. The van der Waals surface area contributed by atoms with Gasteiger partial charge in [-0.25, -0.2) is 4.39 Å². The van der Waals surface area contributed by atoms with Crippen LogP contribution in [0.25, 0.3) is 0 Å². The van der Waals surface area contributed by atoms with E-state index in [1.165, 1.54) is 18.4 Å². The molecular weight excluding hydrogens is 241 g/mol. The van der Waals surface area contributed by atoms with Crippen molar-refractivity contribution in [3.8, 4) is 0 Å². The first-order valence-corrected chi connectivity index (χ1v) is 7.40. The van der Waals surface area contributed by atoms with Gasteiger partial charge in [0.2, 0.25) is 0 Å². The number of hydrogen-bond acceptors (Lipinski definition) is 2. The molecule has 0 spiro atoms. The largest absolute Gasteiger partial charge is 0.378 e. The van der Waals surface area contributed by atoms with E-state index in [0.717, 1.165) is 32.4 Å². The van der Waals surface area contributed by atoms with Crippen LogP contribution in [0.4, 0.5) is 4.39 Å². The van der Waals surface area contributed by atoms with Crippen LogP contribution >= 0.6 is 0 Å². The van der Waals surface area contributed by atoms with Gasteiger partial charge in [0.15, 0.2) is 0 Å². The van der Waals surface area contributed by atoms with Crippen molar-refractivity contribution in [1.29, 1.82) is 0 Å². The van der Waals surface area contributed by atoms with Crippen molar-refractivity contribution < 1.29 is 9.13 Å². The standard InChI is InChI=1S/C16H24FNO/c1-2-11-18-16(10-9-15-4-3-12-19-15)13-5-7-14(17)8-6-13/h5-8,15-16,18H,2-4,9-12H2,1H3. The lowest BCUT2D eigenvalue weighted by Crippen LogP contribution is -2.23.